The van der Waals surface area contributed by atoms with Crippen molar-refractivity contribution in [2.24, 2.45) is 5.92 Å². The number of hydrogen-bond acceptors (Lipinski definition) is 2. The highest BCUT2D eigenvalue weighted by molar-refractivity contribution is 7.80. The van der Waals surface area contributed by atoms with Crippen LogP contribution in [0.3, 0.4) is 0 Å². The first-order chi connectivity index (χ1) is 8.66. The fourth-order valence-electron chi connectivity index (χ4n) is 2.23. The zero-order valence-electron chi connectivity index (χ0n) is 10.6. The Bertz CT molecular complexity index is 468. The van der Waals surface area contributed by atoms with E-state index >= 15 is 0 Å². The lowest BCUT2D eigenvalue weighted by Crippen LogP contribution is -2.30. The minimum atomic E-state index is 0.0120. The van der Waals surface area contributed by atoms with Gasteiger partial charge in [0, 0.05) is 17.0 Å². The van der Waals surface area contributed by atoms with E-state index in [0.717, 1.165) is 35.4 Å². The SMILES string of the molecule is Cc1ccc(S)cc1C(=O)NCC1CC=CCC1. The molecule has 1 aromatic rings. The van der Waals surface area contributed by atoms with Gasteiger partial charge in [-0.2, -0.15) is 0 Å². The van der Waals surface area contributed by atoms with E-state index in [1.54, 1.807) is 0 Å². The molecule has 1 aromatic carbocycles. The molecule has 1 amide bonds. The molecule has 96 valence electrons. The molecule has 1 N–H and O–H groups in total. The Morgan fingerprint density at radius 1 is 1.44 bits per heavy atom. The van der Waals surface area contributed by atoms with E-state index in [1.165, 1.54) is 6.42 Å². The number of benzene rings is 1. The van der Waals surface area contributed by atoms with Crippen molar-refractivity contribution in [2.75, 3.05) is 6.54 Å². The van der Waals surface area contributed by atoms with Crippen molar-refractivity contribution in [1.82, 2.24) is 5.32 Å². The molecule has 0 aliphatic heterocycles. The summed E-state index contributed by atoms with van der Waals surface area (Å²) < 4.78 is 0. The Labute approximate surface area is 114 Å². The van der Waals surface area contributed by atoms with Gasteiger partial charge in [-0.15, -0.1) is 12.6 Å². The van der Waals surface area contributed by atoms with Gasteiger partial charge in [0.05, 0.1) is 0 Å². The molecular formula is C15H19NOS. The van der Waals surface area contributed by atoms with Crippen molar-refractivity contribution in [3.63, 3.8) is 0 Å². The normalized spacial score (nSPS) is 18.7. The molecule has 0 spiro atoms. The molecule has 1 aliphatic rings. The van der Waals surface area contributed by atoms with E-state index < -0.39 is 0 Å². The van der Waals surface area contributed by atoms with Gasteiger partial charge in [-0.1, -0.05) is 18.2 Å². The zero-order valence-corrected chi connectivity index (χ0v) is 11.5. The number of aryl methyl sites for hydroxylation is 1. The highest BCUT2D eigenvalue weighted by Gasteiger charge is 2.13. The second-order valence-electron chi connectivity index (χ2n) is 4.86. The maximum absolute atomic E-state index is 12.1. The van der Waals surface area contributed by atoms with Gasteiger partial charge in [-0.25, -0.2) is 0 Å². The maximum Gasteiger partial charge on any atom is 0.251 e. The molecule has 1 aliphatic carbocycles. The summed E-state index contributed by atoms with van der Waals surface area (Å²) in [5.74, 6) is 0.594. The third kappa shape index (κ3) is 3.39. The monoisotopic (exact) mass is 261 g/mol. The number of carbonyl (C=O) groups excluding carboxylic acids is 1. The topological polar surface area (TPSA) is 29.1 Å². The Hall–Kier alpha value is -1.22. The van der Waals surface area contributed by atoms with Crippen LogP contribution in [0.15, 0.2) is 35.2 Å². The third-order valence-corrected chi connectivity index (χ3v) is 3.67. The molecule has 2 rings (SSSR count). The van der Waals surface area contributed by atoms with Crippen molar-refractivity contribution in [1.29, 1.82) is 0 Å². The zero-order chi connectivity index (χ0) is 13.0. The van der Waals surface area contributed by atoms with Crippen molar-refractivity contribution >= 4 is 18.5 Å². The van der Waals surface area contributed by atoms with Crippen LogP contribution in [0.2, 0.25) is 0 Å². The average molecular weight is 261 g/mol. The van der Waals surface area contributed by atoms with Gasteiger partial charge in [0.2, 0.25) is 0 Å². The van der Waals surface area contributed by atoms with Crippen LogP contribution < -0.4 is 5.32 Å². The van der Waals surface area contributed by atoms with Gasteiger partial charge in [0.1, 0.15) is 0 Å². The van der Waals surface area contributed by atoms with Crippen LogP contribution in [0.4, 0.5) is 0 Å². The quantitative estimate of drug-likeness (QED) is 0.634. The predicted molar refractivity (Wildman–Crippen MR) is 77.2 cm³/mol. The molecule has 0 saturated carbocycles. The first kappa shape index (κ1) is 13.2. The average Bonchev–Trinajstić information content (AvgIpc) is 2.40. The van der Waals surface area contributed by atoms with Gasteiger partial charge < -0.3 is 5.32 Å². The van der Waals surface area contributed by atoms with Crippen LogP contribution in [0.5, 0.6) is 0 Å². The molecule has 18 heavy (non-hydrogen) atoms. The molecule has 0 aromatic heterocycles. The van der Waals surface area contributed by atoms with Crippen LogP contribution in [-0.2, 0) is 0 Å². The van der Waals surface area contributed by atoms with Gasteiger partial charge >= 0.3 is 0 Å². The second kappa shape index (κ2) is 6.10. The molecule has 1 unspecified atom stereocenters. The number of thiol groups is 1. The van der Waals surface area contributed by atoms with Gasteiger partial charge in [0.15, 0.2) is 0 Å². The Kier molecular flexibility index (Phi) is 4.48. The summed E-state index contributed by atoms with van der Waals surface area (Å²) >= 11 is 4.28. The fraction of sp³-hybridized carbons (Fsp3) is 0.400. The van der Waals surface area contributed by atoms with E-state index in [9.17, 15) is 4.79 Å². The Balaban J connectivity index is 1.95. The van der Waals surface area contributed by atoms with Crippen LogP contribution in [0, 0.1) is 12.8 Å². The van der Waals surface area contributed by atoms with Gasteiger partial charge in [0.25, 0.3) is 5.91 Å². The minimum Gasteiger partial charge on any atom is -0.352 e. The van der Waals surface area contributed by atoms with Crippen LogP contribution in [-0.4, -0.2) is 12.5 Å². The number of hydrogen-bond donors (Lipinski definition) is 2. The molecule has 0 radical (unpaired) electrons. The van der Waals surface area contributed by atoms with E-state index in [4.69, 9.17) is 0 Å². The molecule has 0 fully saturated rings. The predicted octanol–water partition coefficient (Wildman–Crippen LogP) is 3.37. The molecule has 3 heteroatoms. The highest BCUT2D eigenvalue weighted by atomic mass is 32.1. The fourth-order valence-corrected chi connectivity index (χ4v) is 2.43. The first-order valence-corrected chi connectivity index (χ1v) is 6.84. The van der Waals surface area contributed by atoms with Crippen LogP contribution >= 0.6 is 12.6 Å². The lowest BCUT2D eigenvalue weighted by molar-refractivity contribution is 0.0945. The summed E-state index contributed by atoms with van der Waals surface area (Å²) in [7, 11) is 0. The second-order valence-corrected chi connectivity index (χ2v) is 5.38. The van der Waals surface area contributed by atoms with Crippen molar-refractivity contribution in [3.05, 3.63) is 41.5 Å². The number of carbonyl (C=O) groups is 1. The number of allylic oxidation sites excluding steroid dienone is 2. The maximum atomic E-state index is 12.1. The van der Waals surface area contributed by atoms with Crippen molar-refractivity contribution in [2.45, 2.75) is 31.1 Å². The smallest absolute Gasteiger partial charge is 0.251 e. The van der Waals surface area contributed by atoms with Crippen LogP contribution in [0.25, 0.3) is 0 Å². The number of amides is 1. The minimum absolute atomic E-state index is 0.0120. The summed E-state index contributed by atoms with van der Waals surface area (Å²) in [6.07, 6.45) is 7.80. The van der Waals surface area contributed by atoms with E-state index in [-0.39, 0.29) is 5.91 Å². The standard InChI is InChI=1S/C15H19NOS/c1-11-7-8-13(18)9-14(11)15(17)16-10-12-5-3-2-4-6-12/h2-3,7-9,12,18H,4-6,10H2,1H3,(H,16,17). The summed E-state index contributed by atoms with van der Waals surface area (Å²) in [5, 5.41) is 3.03. The summed E-state index contributed by atoms with van der Waals surface area (Å²) in [4.78, 5) is 12.9. The third-order valence-electron chi connectivity index (χ3n) is 3.39. The Morgan fingerprint density at radius 3 is 3.00 bits per heavy atom. The van der Waals surface area contributed by atoms with Crippen LogP contribution in [0.1, 0.15) is 35.2 Å². The summed E-state index contributed by atoms with van der Waals surface area (Å²) in [6.45, 7) is 2.71. The van der Waals surface area contributed by atoms with E-state index in [0.29, 0.717) is 5.92 Å². The Morgan fingerprint density at radius 2 is 2.28 bits per heavy atom. The highest BCUT2D eigenvalue weighted by Crippen LogP contribution is 2.18. The molecular weight excluding hydrogens is 242 g/mol. The molecule has 2 nitrogen and oxygen atoms in total. The number of rotatable bonds is 3. The first-order valence-electron chi connectivity index (χ1n) is 6.39. The largest absolute Gasteiger partial charge is 0.352 e. The lowest BCUT2D eigenvalue weighted by atomic mass is 9.94. The van der Waals surface area contributed by atoms with Gasteiger partial charge in [-0.05, 0) is 49.8 Å². The van der Waals surface area contributed by atoms with Gasteiger partial charge in [-0.3, -0.25) is 4.79 Å². The van der Waals surface area contributed by atoms with Crippen molar-refractivity contribution in [3.8, 4) is 0 Å². The molecule has 0 bridgehead atoms. The molecule has 0 saturated heterocycles. The van der Waals surface area contributed by atoms with Crippen molar-refractivity contribution < 1.29 is 4.79 Å². The van der Waals surface area contributed by atoms with E-state index in [2.05, 4.69) is 30.1 Å². The summed E-state index contributed by atoms with van der Waals surface area (Å²) in [6, 6.07) is 5.66. The molecule has 1 atom stereocenters. The number of nitrogens with one attached hydrogen (secondary N) is 1. The van der Waals surface area contributed by atoms with E-state index in [1.807, 2.05) is 25.1 Å². The lowest BCUT2D eigenvalue weighted by Gasteiger charge is -2.18. The molecule has 0 heterocycles. The summed E-state index contributed by atoms with van der Waals surface area (Å²) in [5.41, 5.74) is 1.72.